The van der Waals surface area contributed by atoms with Crippen LogP contribution in [-0.4, -0.2) is 29.4 Å². The molecule has 0 bridgehead atoms. The first-order chi connectivity index (χ1) is 9.13. The molecule has 2 aromatic rings. The third kappa shape index (κ3) is 2.92. The number of nitrogens with zero attached hydrogens (tertiary/aromatic N) is 2. The lowest BCUT2D eigenvalue weighted by Crippen LogP contribution is -2.28. The lowest BCUT2D eigenvalue weighted by molar-refractivity contribution is 0.0795. The van der Waals surface area contributed by atoms with Crippen molar-refractivity contribution in [2.24, 2.45) is 0 Å². The van der Waals surface area contributed by atoms with E-state index in [0.717, 1.165) is 41.5 Å². The molecule has 0 radical (unpaired) electrons. The van der Waals surface area contributed by atoms with Gasteiger partial charge in [-0.2, -0.15) is 0 Å². The van der Waals surface area contributed by atoms with Gasteiger partial charge in [-0.15, -0.1) is 0 Å². The van der Waals surface area contributed by atoms with Crippen molar-refractivity contribution >= 4 is 16.8 Å². The van der Waals surface area contributed by atoms with Crippen molar-refractivity contribution in [3.63, 3.8) is 0 Å². The van der Waals surface area contributed by atoms with Gasteiger partial charge >= 0.3 is 0 Å². The van der Waals surface area contributed by atoms with Crippen molar-refractivity contribution < 1.29 is 4.79 Å². The zero-order valence-electron chi connectivity index (χ0n) is 11.8. The predicted molar refractivity (Wildman–Crippen MR) is 78.3 cm³/mol. The Morgan fingerprint density at radius 2 is 2.05 bits per heavy atom. The van der Waals surface area contributed by atoms with E-state index in [0.29, 0.717) is 0 Å². The summed E-state index contributed by atoms with van der Waals surface area (Å²) in [6.07, 6.45) is 2.12. The summed E-state index contributed by atoms with van der Waals surface area (Å²) in [7, 11) is 1.86. The monoisotopic (exact) mass is 256 g/mol. The number of pyridine rings is 1. The molecule has 0 saturated heterocycles. The maximum atomic E-state index is 12.5. The highest BCUT2D eigenvalue weighted by Gasteiger charge is 2.15. The van der Waals surface area contributed by atoms with Gasteiger partial charge in [0.2, 0.25) is 0 Å². The highest BCUT2D eigenvalue weighted by atomic mass is 16.2. The summed E-state index contributed by atoms with van der Waals surface area (Å²) >= 11 is 0. The van der Waals surface area contributed by atoms with E-state index in [1.54, 1.807) is 4.90 Å². The van der Waals surface area contributed by atoms with Crippen LogP contribution in [0.25, 0.3) is 10.9 Å². The van der Waals surface area contributed by atoms with Gasteiger partial charge in [0.05, 0.1) is 11.1 Å². The number of rotatable bonds is 4. The number of unbranched alkanes of at least 4 members (excludes halogenated alkanes) is 1. The van der Waals surface area contributed by atoms with Gasteiger partial charge in [-0.1, -0.05) is 31.5 Å². The SMILES string of the molecule is CCCCN(C)C(=O)c1cc(C)nc2ccccc12. The van der Waals surface area contributed by atoms with E-state index in [1.807, 2.05) is 44.3 Å². The Morgan fingerprint density at radius 3 is 2.79 bits per heavy atom. The van der Waals surface area contributed by atoms with E-state index in [2.05, 4.69) is 11.9 Å². The third-order valence-electron chi connectivity index (χ3n) is 3.27. The smallest absolute Gasteiger partial charge is 0.254 e. The zero-order chi connectivity index (χ0) is 13.8. The fourth-order valence-corrected chi connectivity index (χ4v) is 2.19. The van der Waals surface area contributed by atoms with E-state index < -0.39 is 0 Å². The van der Waals surface area contributed by atoms with Crippen LogP contribution in [0, 0.1) is 6.92 Å². The Kier molecular flexibility index (Phi) is 4.15. The minimum Gasteiger partial charge on any atom is -0.342 e. The first kappa shape index (κ1) is 13.5. The first-order valence-corrected chi connectivity index (χ1v) is 6.75. The second-order valence-electron chi connectivity index (χ2n) is 4.91. The van der Waals surface area contributed by atoms with E-state index in [9.17, 15) is 4.79 Å². The molecule has 1 heterocycles. The number of carbonyl (C=O) groups is 1. The van der Waals surface area contributed by atoms with Gasteiger partial charge in [-0.25, -0.2) is 0 Å². The Balaban J connectivity index is 2.41. The van der Waals surface area contributed by atoms with Crippen molar-refractivity contribution in [1.29, 1.82) is 0 Å². The summed E-state index contributed by atoms with van der Waals surface area (Å²) in [6, 6.07) is 9.69. The summed E-state index contributed by atoms with van der Waals surface area (Å²) in [5.41, 5.74) is 2.52. The van der Waals surface area contributed by atoms with E-state index >= 15 is 0 Å². The van der Waals surface area contributed by atoms with Crippen LogP contribution < -0.4 is 0 Å². The number of amides is 1. The van der Waals surface area contributed by atoms with Crippen molar-refractivity contribution in [2.75, 3.05) is 13.6 Å². The Morgan fingerprint density at radius 1 is 1.32 bits per heavy atom. The fraction of sp³-hybridized carbons (Fsp3) is 0.375. The van der Waals surface area contributed by atoms with Gasteiger partial charge in [0, 0.05) is 24.7 Å². The number of carbonyl (C=O) groups excluding carboxylic acids is 1. The average molecular weight is 256 g/mol. The number of benzene rings is 1. The van der Waals surface area contributed by atoms with E-state index in [4.69, 9.17) is 0 Å². The molecule has 1 aromatic heterocycles. The highest BCUT2D eigenvalue weighted by molar-refractivity contribution is 6.06. The van der Waals surface area contributed by atoms with Gasteiger partial charge in [-0.3, -0.25) is 9.78 Å². The van der Waals surface area contributed by atoms with Crippen LogP contribution in [-0.2, 0) is 0 Å². The molecule has 1 amide bonds. The van der Waals surface area contributed by atoms with Crippen LogP contribution in [0.1, 0.15) is 35.8 Å². The molecule has 3 heteroatoms. The molecule has 0 unspecified atom stereocenters. The standard InChI is InChI=1S/C16H20N2O/c1-4-5-10-18(3)16(19)14-11-12(2)17-15-9-7-6-8-13(14)15/h6-9,11H,4-5,10H2,1-3H3. The Hall–Kier alpha value is -1.90. The molecule has 100 valence electrons. The Bertz CT molecular complexity index is 592. The summed E-state index contributed by atoms with van der Waals surface area (Å²) in [5.74, 6) is 0.0788. The molecular weight excluding hydrogens is 236 g/mol. The first-order valence-electron chi connectivity index (χ1n) is 6.75. The molecule has 0 saturated carbocycles. The molecule has 0 aliphatic carbocycles. The number of hydrogen-bond acceptors (Lipinski definition) is 2. The number of hydrogen-bond donors (Lipinski definition) is 0. The highest BCUT2D eigenvalue weighted by Crippen LogP contribution is 2.19. The quantitative estimate of drug-likeness (QED) is 0.839. The Labute approximate surface area is 114 Å². The predicted octanol–water partition coefficient (Wildman–Crippen LogP) is 3.42. The summed E-state index contributed by atoms with van der Waals surface area (Å²) in [5, 5.41) is 0.932. The largest absolute Gasteiger partial charge is 0.342 e. The minimum atomic E-state index is 0.0788. The van der Waals surface area contributed by atoms with Crippen LogP contribution in [0.2, 0.25) is 0 Å². The number of para-hydroxylation sites is 1. The number of aryl methyl sites for hydroxylation is 1. The molecule has 0 fully saturated rings. The third-order valence-corrected chi connectivity index (χ3v) is 3.27. The van der Waals surface area contributed by atoms with Gasteiger partial charge in [0.15, 0.2) is 0 Å². The van der Waals surface area contributed by atoms with Crippen LogP contribution in [0.4, 0.5) is 0 Å². The molecule has 0 aliphatic heterocycles. The average Bonchev–Trinajstić information content (AvgIpc) is 2.42. The van der Waals surface area contributed by atoms with Crippen LogP contribution in [0.3, 0.4) is 0 Å². The normalized spacial score (nSPS) is 10.7. The molecular formula is C16H20N2O. The summed E-state index contributed by atoms with van der Waals surface area (Å²) < 4.78 is 0. The molecule has 3 nitrogen and oxygen atoms in total. The molecule has 19 heavy (non-hydrogen) atoms. The van der Waals surface area contributed by atoms with Crippen LogP contribution in [0.5, 0.6) is 0 Å². The maximum absolute atomic E-state index is 12.5. The van der Waals surface area contributed by atoms with Crippen LogP contribution in [0.15, 0.2) is 30.3 Å². The number of fused-ring (bicyclic) bond motifs is 1. The van der Waals surface area contributed by atoms with E-state index in [1.165, 1.54) is 0 Å². The van der Waals surface area contributed by atoms with Gasteiger partial charge in [-0.05, 0) is 25.5 Å². The van der Waals surface area contributed by atoms with Crippen molar-refractivity contribution in [3.05, 3.63) is 41.6 Å². The van der Waals surface area contributed by atoms with Gasteiger partial charge < -0.3 is 4.90 Å². The molecule has 0 aliphatic rings. The van der Waals surface area contributed by atoms with Crippen LogP contribution >= 0.6 is 0 Å². The second kappa shape index (κ2) is 5.83. The molecule has 0 spiro atoms. The van der Waals surface area contributed by atoms with E-state index in [-0.39, 0.29) is 5.91 Å². The summed E-state index contributed by atoms with van der Waals surface area (Å²) in [4.78, 5) is 18.8. The van der Waals surface area contributed by atoms with Crippen molar-refractivity contribution in [2.45, 2.75) is 26.7 Å². The number of aromatic nitrogens is 1. The molecule has 0 atom stereocenters. The molecule has 1 aromatic carbocycles. The lowest BCUT2D eigenvalue weighted by Gasteiger charge is -2.18. The van der Waals surface area contributed by atoms with Gasteiger partial charge in [0.1, 0.15) is 0 Å². The minimum absolute atomic E-state index is 0.0788. The topological polar surface area (TPSA) is 33.2 Å². The summed E-state index contributed by atoms with van der Waals surface area (Å²) in [6.45, 7) is 4.85. The maximum Gasteiger partial charge on any atom is 0.254 e. The van der Waals surface area contributed by atoms with Gasteiger partial charge in [0.25, 0.3) is 5.91 Å². The lowest BCUT2D eigenvalue weighted by atomic mass is 10.1. The molecule has 0 N–H and O–H groups in total. The van der Waals surface area contributed by atoms with Crippen molar-refractivity contribution in [3.8, 4) is 0 Å². The molecule has 2 rings (SSSR count). The zero-order valence-corrected chi connectivity index (χ0v) is 11.8. The van der Waals surface area contributed by atoms with Crippen molar-refractivity contribution in [1.82, 2.24) is 9.88 Å². The second-order valence-corrected chi connectivity index (χ2v) is 4.91. The fourth-order valence-electron chi connectivity index (χ4n) is 2.19.